The third kappa shape index (κ3) is 5.16. The van der Waals surface area contributed by atoms with E-state index in [0.29, 0.717) is 21.8 Å². The number of hydrogen-bond acceptors (Lipinski definition) is 4. The molecule has 174 valence electrons. The van der Waals surface area contributed by atoms with Crippen LogP contribution in [0.2, 0.25) is 0 Å². The summed E-state index contributed by atoms with van der Waals surface area (Å²) < 4.78 is 20.2. The van der Waals surface area contributed by atoms with Gasteiger partial charge in [0.2, 0.25) is 0 Å². The van der Waals surface area contributed by atoms with E-state index in [9.17, 15) is 14.0 Å². The molecule has 0 atom stereocenters. The number of thioether (sulfide) groups is 1. The van der Waals surface area contributed by atoms with Crippen LogP contribution in [0.3, 0.4) is 0 Å². The fraction of sp³-hybridized carbons (Fsp3) is 0.0714. The van der Waals surface area contributed by atoms with Crippen molar-refractivity contribution in [2.75, 3.05) is 0 Å². The Morgan fingerprint density at radius 1 is 0.943 bits per heavy atom. The highest BCUT2D eigenvalue weighted by Gasteiger charge is 2.35. The molecule has 4 aromatic carbocycles. The number of rotatable bonds is 6. The van der Waals surface area contributed by atoms with Gasteiger partial charge < -0.3 is 4.74 Å². The highest BCUT2D eigenvalue weighted by Crippen LogP contribution is 2.36. The van der Waals surface area contributed by atoms with Crippen molar-refractivity contribution in [3.63, 3.8) is 0 Å². The summed E-state index contributed by atoms with van der Waals surface area (Å²) in [7, 11) is 0. The van der Waals surface area contributed by atoms with Crippen LogP contribution < -0.4 is 4.74 Å². The minimum absolute atomic E-state index is 0.169. The van der Waals surface area contributed by atoms with Gasteiger partial charge in [-0.3, -0.25) is 14.5 Å². The molecule has 0 aliphatic carbocycles. The van der Waals surface area contributed by atoms with Crippen molar-refractivity contribution in [1.29, 1.82) is 0 Å². The van der Waals surface area contributed by atoms with Crippen LogP contribution in [0.15, 0.2) is 94.3 Å². The molecule has 0 N–H and O–H groups in total. The quantitative estimate of drug-likeness (QED) is 0.234. The first kappa shape index (κ1) is 23.3. The monoisotopic (exact) mass is 547 g/mol. The Morgan fingerprint density at radius 2 is 1.74 bits per heavy atom. The zero-order valence-corrected chi connectivity index (χ0v) is 20.8. The van der Waals surface area contributed by atoms with Gasteiger partial charge in [-0.05, 0) is 70.1 Å². The maximum absolute atomic E-state index is 13.5. The Hall–Kier alpha value is -3.42. The number of imide groups is 1. The van der Waals surface area contributed by atoms with Crippen LogP contribution in [-0.2, 0) is 17.9 Å². The van der Waals surface area contributed by atoms with Crippen LogP contribution in [-0.4, -0.2) is 16.0 Å². The Balaban J connectivity index is 1.39. The van der Waals surface area contributed by atoms with E-state index in [4.69, 9.17) is 4.74 Å². The molecule has 2 amide bonds. The molecular formula is C28H19BrFNO3S. The Labute approximate surface area is 214 Å². The van der Waals surface area contributed by atoms with Crippen LogP contribution in [0.25, 0.3) is 16.8 Å². The van der Waals surface area contributed by atoms with E-state index in [1.807, 2.05) is 54.6 Å². The predicted molar refractivity (Wildman–Crippen MR) is 140 cm³/mol. The summed E-state index contributed by atoms with van der Waals surface area (Å²) in [6, 6.07) is 25.4. The number of carbonyl (C=O) groups excluding carboxylic acids is 2. The number of nitrogens with zero attached hydrogens (tertiary/aromatic N) is 1. The van der Waals surface area contributed by atoms with Gasteiger partial charge in [0.05, 0.1) is 11.4 Å². The molecule has 7 heteroatoms. The van der Waals surface area contributed by atoms with Crippen molar-refractivity contribution in [3.8, 4) is 5.75 Å². The van der Waals surface area contributed by atoms with Crippen LogP contribution >= 0.6 is 27.7 Å². The molecule has 1 aliphatic rings. The first-order chi connectivity index (χ1) is 17.0. The van der Waals surface area contributed by atoms with Crippen LogP contribution in [0, 0.1) is 5.82 Å². The number of halogens is 2. The second kappa shape index (κ2) is 10.1. The maximum Gasteiger partial charge on any atom is 0.293 e. The molecule has 0 saturated carbocycles. The van der Waals surface area contributed by atoms with E-state index in [1.165, 1.54) is 17.0 Å². The van der Waals surface area contributed by atoms with Gasteiger partial charge in [-0.1, -0.05) is 70.5 Å². The maximum atomic E-state index is 13.5. The largest absolute Gasteiger partial charge is 0.488 e. The van der Waals surface area contributed by atoms with E-state index in [-0.39, 0.29) is 30.1 Å². The fourth-order valence-corrected chi connectivity index (χ4v) is 5.14. The van der Waals surface area contributed by atoms with E-state index in [1.54, 1.807) is 24.3 Å². The first-order valence-electron chi connectivity index (χ1n) is 10.9. The summed E-state index contributed by atoms with van der Waals surface area (Å²) in [5.74, 6) is -0.149. The summed E-state index contributed by atoms with van der Waals surface area (Å²) in [6.45, 7) is 0.369. The number of benzene rings is 4. The van der Waals surface area contributed by atoms with Crippen molar-refractivity contribution in [2.45, 2.75) is 13.2 Å². The number of fused-ring (bicyclic) bond motifs is 1. The van der Waals surface area contributed by atoms with Crippen molar-refractivity contribution in [3.05, 3.63) is 117 Å². The SMILES string of the molecule is O=C1S/C(=C/c2cc(Br)ccc2OCc2cccc(F)c2)C(=O)N1Cc1cccc2ccccc12. The van der Waals surface area contributed by atoms with Gasteiger partial charge in [-0.15, -0.1) is 0 Å². The minimum atomic E-state index is -0.344. The normalized spacial score (nSPS) is 14.8. The fourth-order valence-electron chi connectivity index (χ4n) is 3.93. The molecule has 0 spiro atoms. The van der Waals surface area contributed by atoms with Crippen molar-refractivity contribution in [2.24, 2.45) is 0 Å². The third-order valence-electron chi connectivity index (χ3n) is 5.62. The van der Waals surface area contributed by atoms with Crippen molar-refractivity contribution in [1.82, 2.24) is 4.90 Å². The molecule has 1 aliphatic heterocycles. The predicted octanol–water partition coefficient (Wildman–Crippen LogP) is 7.56. The summed E-state index contributed by atoms with van der Waals surface area (Å²) in [4.78, 5) is 27.6. The molecule has 1 fully saturated rings. The lowest BCUT2D eigenvalue weighted by molar-refractivity contribution is -0.123. The molecule has 1 saturated heterocycles. The van der Waals surface area contributed by atoms with Crippen LogP contribution in [0.1, 0.15) is 16.7 Å². The summed E-state index contributed by atoms with van der Waals surface area (Å²) >= 11 is 4.36. The van der Waals surface area contributed by atoms with Gasteiger partial charge in [0, 0.05) is 10.0 Å². The molecule has 1 heterocycles. The Bertz CT molecular complexity index is 1480. The molecule has 35 heavy (non-hydrogen) atoms. The van der Waals surface area contributed by atoms with Crippen molar-refractivity contribution >= 4 is 55.7 Å². The lowest BCUT2D eigenvalue weighted by atomic mass is 10.0. The van der Waals surface area contributed by atoms with Gasteiger partial charge >= 0.3 is 0 Å². The lowest BCUT2D eigenvalue weighted by Gasteiger charge is -2.14. The molecule has 4 nitrogen and oxygen atoms in total. The van der Waals surface area contributed by atoms with Gasteiger partial charge in [-0.25, -0.2) is 4.39 Å². The smallest absolute Gasteiger partial charge is 0.293 e. The van der Waals surface area contributed by atoms with E-state index in [0.717, 1.165) is 32.6 Å². The van der Waals surface area contributed by atoms with Gasteiger partial charge in [0.1, 0.15) is 18.2 Å². The van der Waals surface area contributed by atoms with E-state index < -0.39 is 0 Å². The summed E-state index contributed by atoms with van der Waals surface area (Å²) in [5.41, 5.74) is 2.24. The number of hydrogen-bond donors (Lipinski definition) is 0. The molecule has 5 rings (SSSR count). The van der Waals surface area contributed by atoms with E-state index in [2.05, 4.69) is 15.9 Å². The second-order valence-electron chi connectivity index (χ2n) is 8.01. The standard InChI is InChI=1S/C28H19BrFNO3S/c29-22-11-12-25(34-17-18-5-3-9-23(30)13-18)21(14-22)15-26-27(32)31(28(33)35-26)16-20-8-4-7-19-6-1-2-10-24(19)20/h1-15H,16-17H2/b26-15+. The number of carbonyl (C=O) groups is 2. The molecule has 0 unspecified atom stereocenters. The van der Waals surface area contributed by atoms with Gasteiger partial charge in [-0.2, -0.15) is 0 Å². The number of ether oxygens (including phenoxy) is 1. The molecule has 0 radical (unpaired) electrons. The van der Waals surface area contributed by atoms with Gasteiger partial charge in [0.15, 0.2) is 0 Å². The Kier molecular flexibility index (Phi) is 6.70. The summed E-state index contributed by atoms with van der Waals surface area (Å²) in [6.07, 6.45) is 1.67. The highest BCUT2D eigenvalue weighted by atomic mass is 79.9. The molecule has 0 bridgehead atoms. The Morgan fingerprint density at radius 3 is 2.60 bits per heavy atom. The average Bonchev–Trinajstić information content (AvgIpc) is 3.11. The number of amides is 2. The zero-order chi connectivity index (χ0) is 24.4. The topological polar surface area (TPSA) is 46.6 Å². The van der Waals surface area contributed by atoms with Crippen LogP contribution in [0.5, 0.6) is 5.75 Å². The third-order valence-corrected chi connectivity index (χ3v) is 7.02. The average molecular weight is 548 g/mol. The van der Waals surface area contributed by atoms with Crippen LogP contribution in [0.4, 0.5) is 9.18 Å². The summed E-state index contributed by atoms with van der Waals surface area (Å²) in [5, 5.41) is 1.76. The van der Waals surface area contributed by atoms with Crippen molar-refractivity contribution < 1.29 is 18.7 Å². The second-order valence-corrected chi connectivity index (χ2v) is 9.92. The highest BCUT2D eigenvalue weighted by molar-refractivity contribution is 9.10. The lowest BCUT2D eigenvalue weighted by Crippen LogP contribution is -2.27. The molecule has 4 aromatic rings. The molecular weight excluding hydrogens is 529 g/mol. The zero-order valence-electron chi connectivity index (χ0n) is 18.4. The molecule has 0 aromatic heterocycles. The minimum Gasteiger partial charge on any atom is -0.488 e. The van der Waals surface area contributed by atoms with Gasteiger partial charge in [0.25, 0.3) is 11.1 Å². The van der Waals surface area contributed by atoms with E-state index >= 15 is 0 Å². The first-order valence-corrected chi connectivity index (χ1v) is 12.5.